The zero-order valence-electron chi connectivity index (χ0n) is 18.5. The standard InChI is InChI=1S/C25H28N4O3/c1-4-17-14-29-12-10-18(17)13-22(29)24(20-9-11-26-21-8-6-5-7-19(20)21)31-25(30)27-23-15(2)28-32-16(23)3/h4-9,11,17-18,22,24H,1,10,12-14H2,2-3H3,(H,27,30)/t17-,18-,22+,24-/m0/s1. The fourth-order valence-corrected chi connectivity index (χ4v) is 5.32. The third-order valence-electron chi connectivity index (χ3n) is 6.99. The van der Waals surface area contributed by atoms with Crippen molar-refractivity contribution < 1.29 is 14.1 Å². The maximum Gasteiger partial charge on any atom is 0.412 e. The molecule has 3 aromatic rings. The van der Waals surface area contributed by atoms with Crippen molar-refractivity contribution >= 4 is 22.7 Å². The molecule has 7 nitrogen and oxygen atoms in total. The van der Waals surface area contributed by atoms with Gasteiger partial charge < -0.3 is 9.26 Å². The average molecular weight is 433 g/mol. The van der Waals surface area contributed by atoms with Crippen molar-refractivity contribution in [2.24, 2.45) is 11.8 Å². The molecule has 5 atom stereocenters. The van der Waals surface area contributed by atoms with Gasteiger partial charge >= 0.3 is 6.09 Å². The summed E-state index contributed by atoms with van der Waals surface area (Å²) in [4.78, 5) is 20.0. The summed E-state index contributed by atoms with van der Waals surface area (Å²) in [6.45, 7) is 9.55. The van der Waals surface area contributed by atoms with E-state index in [0.717, 1.165) is 42.4 Å². The van der Waals surface area contributed by atoms with E-state index < -0.39 is 12.2 Å². The third kappa shape index (κ3) is 3.66. The number of fused-ring (bicyclic) bond motifs is 4. The summed E-state index contributed by atoms with van der Waals surface area (Å²) in [5.74, 6) is 1.61. The predicted octanol–water partition coefficient (Wildman–Crippen LogP) is 5.03. The van der Waals surface area contributed by atoms with E-state index in [2.05, 4.69) is 33.0 Å². The van der Waals surface area contributed by atoms with Crippen LogP contribution in [0.5, 0.6) is 0 Å². The highest BCUT2D eigenvalue weighted by atomic mass is 16.6. The van der Waals surface area contributed by atoms with Crippen LogP contribution in [0.3, 0.4) is 0 Å². The Hall–Kier alpha value is -3.19. The van der Waals surface area contributed by atoms with E-state index in [9.17, 15) is 4.79 Å². The second-order valence-electron chi connectivity index (χ2n) is 8.81. The zero-order chi connectivity index (χ0) is 22.2. The van der Waals surface area contributed by atoms with Crippen LogP contribution in [0.25, 0.3) is 10.9 Å². The summed E-state index contributed by atoms with van der Waals surface area (Å²) in [6, 6.07) is 10.1. The molecule has 0 radical (unpaired) electrons. The number of aromatic nitrogens is 2. The number of piperidine rings is 3. The van der Waals surface area contributed by atoms with Crippen molar-refractivity contribution in [3.05, 3.63) is 66.2 Å². The number of aryl methyl sites for hydroxylation is 2. The molecule has 0 saturated carbocycles. The molecular formula is C25H28N4O3. The van der Waals surface area contributed by atoms with Gasteiger partial charge in [-0.15, -0.1) is 6.58 Å². The number of nitrogens with zero attached hydrogens (tertiary/aromatic N) is 3. The molecule has 1 amide bonds. The Morgan fingerprint density at radius 3 is 2.91 bits per heavy atom. The van der Waals surface area contributed by atoms with Gasteiger partial charge in [0.2, 0.25) is 0 Å². The summed E-state index contributed by atoms with van der Waals surface area (Å²) in [7, 11) is 0. The van der Waals surface area contributed by atoms with Crippen molar-refractivity contribution in [3.63, 3.8) is 0 Å². The largest absolute Gasteiger partial charge is 0.439 e. The number of carbonyl (C=O) groups is 1. The Balaban J connectivity index is 1.49. The van der Waals surface area contributed by atoms with Gasteiger partial charge in [0.15, 0.2) is 5.76 Å². The first-order chi connectivity index (χ1) is 15.5. The topological polar surface area (TPSA) is 80.5 Å². The first-order valence-corrected chi connectivity index (χ1v) is 11.2. The number of hydrogen-bond acceptors (Lipinski definition) is 6. The molecule has 0 spiro atoms. The number of carbonyl (C=O) groups excluding carboxylic acids is 1. The lowest BCUT2D eigenvalue weighted by atomic mass is 9.73. The van der Waals surface area contributed by atoms with Crippen molar-refractivity contribution in [1.82, 2.24) is 15.0 Å². The Morgan fingerprint density at radius 2 is 2.19 bits per heavy atom. The van der Waals surface area contributed by atoms with E-state index in [1.165, 1.54) is 0 Å². The van der Waals surface area contributed by atoms with Crippen molar-refractivity contribution in [1.29, 1.82) is 0 Å². The van der Waals surface area contributed by atoms with Crippen LogP contribution in [0.2, 0.25) is 0 Å². The van der Waals surface area contributed by atoms with Crippen LogP contribution in [0.15, 0.2) is 53.7 Å². The molecule has 3 aliphatic rings. The Morgan fingerprint density at radius 1 is 1.34 bits per heavy atom. The summed E-state index contributed by atoms with van der Waals surface area (Å²) in [6.07, 6.45) is 5.07. The van der Waals surface area contributed by atoms with E-state index in [1.807, 2.05) is 30.3 Å². The monoisotopic (exact) mass is 432 g/mol. The minimum Gasteiger partial charge on any atom is -0.439 e. The van der Waals surface area contributed by atoms with Gasteiger partial charge in [0.05, 0.1) is 11.6 Å². The second kappa shape index (κ2) is 8.39. The number of benzene rings is 1. The normalized spacial score (nSPS) is 25.4. The van der Waals surface area contributed by atoms with E-state index in [-0.39, 0.29) is 6.04 Å². The summed E-state index contributed by atoms with van der Waals surface area (Å²) >= 11 is 0. The Bertz CT molecular complexity index is 1130. The Kier molecular flexibility index (Phi) is 5.43. The molecule has 7 heteroatoms. The van der Waals surface area contributed by atoms with Crippen molar-refractivity contribution in [2.75, 3.05) is 18.4 Å². The van der Waals surface area contributed by atoms with Gasteiger partial charge in [-0.1, -0.05) is 29.4 Å². The summed E-state index contributed by atoms with van der Waals surface area (Å²) in [5, 5.41) is 7.76. The van der Waals surface area contributed by atoms with Gasteiger partial charge in [-0.05, 0) is 57.2 Å². The van der Waals surface area contributed by atoms with Crippen LogP contribution in [0.4, 0.5) is 10.5 Å². The minimum absolute atomic E-state index is 0.103. The first-order valence-electron chi connectivity index (χ1n) is 11.2. The van der Waals surface area contributed by atoms with Gasteiger partial charge in [-0.3, -0.25) is 15.2 Å². The van der Waals surface area contributed by atoms with Crippen LogP contribution in [0.1, 0.15) is 36.0 Å². The maximum atomic E-state index is 13.1. The van der Waals surface area contributed by atoms with Crippen molar-refractivity contribution in [3.8, 4) is 0 Å². The van der Waals surface area contributed by atoms with Gasteiger partial charge in [-0.2, -0.15) is 0 Å². The fourth-order valence-electron chi connectivity index (χ4n) is 5.32. The lowest BCUT2D eigenvalue weighted by Crippen LogP contribution is -2.55. The number of amides is 1. The molecule has 2 aromatic heterocycles. The Labute approximate surface area is 187 Å². The van der Waals surface area contributed by atoms with E-state index in [1.54, 1.807) is 20.0 Å². The highest BCUT2D eigenvalue weighted by Crippen LogP contribution is 2.43. The number of ether oxygens (including phenoxy) is 1. The summed E-state index contributed by atoms with van der Waals surface area (Å²) in [5.41, 5.74) is 3.06. The number of para-hydroxylation sites is 1. The van der Waals surface area contributed by atoms with Crippen LogP contribution < -0.4 is 5.32 Å². The molecule has 3 aliphatic heterocycles. The molecule has 1 aromatic carbocycles. The van der Waals surface area contributed by atoms with Gasteiger partial charge in [0.1, 0.15) is 17.5 Å². The van der Waals surface area contributed by atoms with Crippen molar-refractivity contribution in [2.45, 2.75) is 38.8 Å². The molecular weight excluding hydrogens is 404 g/mol. The van der Waals surface area contributed by atoms with Crippen LogP contribution in [0, 0.1) is 25.7 Å². The molecule has 1 unspecified atom stereocenters. The van der Waals surface area contributed by atoms with Crippen LogP contribution in [-0.4, -0.2) is 40.3 Å². The number of hydrogen-bond donors (Lipinski definition) is 1. The highest BCUT2D eigenvalue weighted by Gasteiger charge is 2.44. The van der Waals surface area contributed by atoms with Gasteiger partial charge in [-0.25, -0.2) is 4.79 Å². The van der Waals surface area contributed by atoms with E-state index in [4.69, 9.17) is 9.26 Å². The lowest BCUT2D eigenvalue weighted by molar-refractivity contribution is -0.0473. The minimum atomic E-state index is -0.506. The molecule has 3 saturated heterocycles. The maximum absolute atomic E-state index is 13.1. The van der Waals surface area contributed by atoms with Gasteiger partial charge in [0, 0.05) is 23.7 Å². The molecule has 166 valence electrons. The number of pyridine rings is 1. The number of rotatable bonds is 5. The SMILES string of the molecule is C=C[C@H]1CN2CC[C@H]1C[C@@H]2[C@@H](OC(=O)Nc1c(C)noc1C)c1ccnc2ccccc12. The molecule has 1 N–H and O–H groups in total. The molecule has 0 aliphatic carbocycles. The summed E-state index contributed by atoms with van der Waals surface area (Å²) < 4.78 is 11.4. The molecule has 32 heavy (non-hydrogen) atoms. The lowest BCUT2D eigenvalue weighted by Gasteiger charge is -2.51. The van der Waals surface area contributed by atoms with E-state index >= 15 is 0 Å². The van der Waals surface area contributed by atoms with Crippen LogP contribution >= 0.6 is 0 Å². The average Bonchev–Trinajstić information content (AvgIpc) is 3.14. The first kappa shape index (κ1) is 20.7. The molecule has 3 fully saturated rings. The third-order valence-corrected chi connectivity index (χ3v) is 6.99. The van der Waals surface area contributed by atoms with Crippen LogP contribution in [-0.2, 0) is 4.74 Å². The second-order valence-corrected chi connectivity index (χ2v) is 8.81. The van der Waals surface area contributed by atoms with Gasteiger partial charge in [0.25, 0.3) is 0 Å². The number of anilines is 1. The zero-order valence-corrected chi connectivity index (χ0v) is 18.5. The molecule has 2 bridgehead atoms. The smallest absolute Gasteiger partial charge is 0.412 e. The van der Waals surface area contributed by atoms with E-state index in [0.29, 0.717) is 29.0 Å². The number of nitrogens with one attached hydrogen (secondary N) is 1. The fraction of sp³-hybridized carbons (Fsp3) is 0.400. The highest BCUT2D eigenvalue weighted by molar-refractivity contribution is 5.87. The molecule has 6 rings (SSSR count). The predicted molar refractivity (Wildman–Crippen MR) is 122 cm³/mol. The molecule has 5 heterocycles. The quantitative estimate of drug-likeness (QED) is 0.570.